The summed E-state index contributed by atoms with van der Waals surface area (Å²) in [7, 11) is 0. The molecule has 15 heteroatoms. The summed E-state index contributed by atoms with van der Waals surface area (Å²) in [6, 6.07) is 152. The molecule has 27 rings (SSSR count). The lowest BCUT2D eigenvalue weighted by molar-refractivity contribution is 0.620. The standard InChI is InChI=1S/C43H25N3OS.C42H26N4S.C36H22N4O/c1-3-10-26(11-4-1)35-25-36(27-12-5-2-6-13-27)45-42(44-35)30-20-22-31-29(24-30)19-18-28-21-23-37-40(39(28)31)46-43(47-37)34-16-9-15-33-32-14-7-8-17-38(32)48-41(33)34;1-4-11-29(12-5-1)39-44-40(30-13-6-2-7-14-30)46-41(45-39)34-18-10-17-32(25-34)33-22-20-27-19-21-28-23-24-36-38(37(28)35(27)26-33)47-42(43-36)31-15-8-3-9-16-31;1-4-10-25(11-5-1)33-38-34(26-12-6-2-7-13-26)40-35(39-33)28-19-17-23-16-18-24-20-21-30-32(31(24)29(23)22-28)37-36(41-30)27-14-8-3-9-15-27/h1-25H;1-26H;1-22H. The van der Waals surface area contributed by atoms with Crippen LogP contribution in [0.1, 0.15) is 0 Å². The second-order valence-electron chi connectivity index (χ2n) is 33.5. The second kappa shape index (κ2) is 34.4. The third kappa shape index (κ3) is 15.2. The molecule has 0 aliphatic carbocycles. The topological polar surface area (TPSA) is 168 Å². The Morgan fingerprint density at radius 1 is 0.184 bits per heavy atom. The van der Waals surface area contributed by atoms with Gasteiger partial charge in [-0.05, 0) is 132 Å². The Labute approximate surface area is 787 Å². The summed E-state index contributed by atoms with van der Waals surface area (Å²) in [4.78, 5) is 54.8. The molecule has 20 aromatic carbocycles. The van der Waals surface area contributed by atoms with Gasteiger partial charge in [0.05, 0.1) is 27.2 Å². The van der Waals surface area contributed by atoms with Gasteiger partial charge < -0.3 is 8.83 Å². The average Bonchev–Trinajstić information content (AvgIpc) is 1.53. The van der Waals surface area contributed by atoms with E-state index in [4.69, 9.17) is 63.7 Å². The van der Waals surface area contributed by atoms with Gasteiger partial charge in [0, 0.05) is 97.5 Å². The minimum absolute atomic E-state index is 0.610. The Kier molecular flexibility index (Phi) is 20.3. The van der Waals surface area contributed by atoms with E-state index in [2.05, 4.69) is 237 Å². The molecule has 7 aromatic heterocycles. The molecule has 0 saturated carbocycles. The molecule has 0 aliphatic heterocycles. The van der Waals surface area contributed by atoms with Crippen LogP contribution >= 0.6 is 22.7 Å². The van der Waals surface area contributed by atoms with Gasteiger partial charge in [-0.2, -0.15) is 0 Å². The summed E-state index contributed by atoms with van der Waals surface area (Å²) in [6.45, 7) is 0. The van der Waals surface area contributed by atoms with Crippen molar-refractivity contribution >= 4 is 140 Å². The summed E-state index contributed by atoms with van der Waals surface area (Å²) < 4.78 is 16.4. The molecule has 0 fully saturated rings. The summed E-state index contributed by atoms with van der Waals surface area (Å²) in [5, 5.41) is 17.2. The van der Waals surface area contributed by atoms with Crippen molar-refractivity contribution in [1.82, 2.24) is 54.8 Å². The van der Waals surface area contributed by atoms with Gasteiger partial charge >= 0.3 is 0 Å². The molecule has 7 heterocycles. The molecule has 13 nitrogen and oxygen atoms in total. The maximum atomic E-state index is 6.49. The van der Waals surface area contributed by atoms with Crippen LogP contribution in [0, 0.1) is 0 Å². The van der Waals surface area contributed by atoms with Gasteiger partial charge in [-0.25, -0.2) is 54.8 Å². The number of benzene rings is 20. The number of rotatable bonds is 13. The molecular formula is C121H73N11O2S2. The van der Waals surface area contributed by atoms with E-state index < -0.39 is 0 Å². The molecule has 636 valence electrons. The molecule has 0 atom stereocenters. The highest BCUT2D eigenvalue weighted by atomic mass is 32.1. The number of nitrogens with zero attached hydrogens (tertiary/aromatic N) is 11. The summed E-state index contributed by atoms with van der Waals surface area (Å²) in [5.74, 6) is 5.79. The van der Waals surface area contributed by atoms with Crippen molar-refractivity contribution in [2.45, 2.75) is 0 Å². The maximum absolute atomic E-state index is 6.49. The molecule has 0 bridgehead atoms. The van der Waals surface area contributed by atoms with Crippen LogP contribution in [0.15, 0.2) is 452 Å². The fourth-order valence-corrected chi connectivity index (χ4v) is 20.6. The van der Waals surface area contributed by atoms with Crippen molar-refractivity contribution in [3.05, 3.63) is 443 Å². The van der Waals surface area contributed by atoms with Crippen molar-refractivity contribution in [1.29, 1.82) is 0 Å². The van der Waals surface area contributed by atoms with Crippen LogP contribution in [0.2, 0.25) is 0 Å². The van der Waals surface area contributed by atoms with E-state index in [1.807, 2.05) is 206 Å². The normalized spacial score (nSPS) is 11.5. The molecule has 0 amide bonds. The number of oxazole rings is 2. The SMILES string of the molecule is c1ccc(-c2cc(-c3ccccc3)nc(-c3ccc4c(ccc5ccc6oc(-c7cccc8c7sc7ccccc78)nc6c54)c3)n2)cc1.c1ccc(-c2nc(-c3ccccc3)nc(-c3ccc4ccc5ccc6oc(-c7ccccc7)nc6c5c4c3)n2)cc1.c1ccc(-c2nc(-c3ccccc3)nc(-c3cccc(-c4ccc5ccc6ccc7nc(-c8ccccc8)sc7c6c5c4)c3)n2)cc1. The zero-order valence-electron chi connectivity index (χ0n) is 72.7. The highest BCUT2D eigenvalue weighted by Crippen LogP contribution is 2.46. The van der Waals surface area contributed by atoms with Crippen molar-refractivity contribution in [3.8, 4) is 147 Å². The first kappa shape index (κ1) is 80.2. The van der Waals surface area contributed by atoms with Gasteiger partial charge in [-0.3, -0.25) is 0 Å². The number of aromatic nitrogens is 11. The largest absolute Gasteiger partial charge is 0.436 e. The lowest BCUT2D eigenvalue weighted by Crippen LogP contribution is -2.00. The zero-order chi connectivity index (χ0) is 89.9. The Balaban J connectivity index is 0.000000109. The molecule has 0 spiro atoms. The van der Waals surface area contributed by atoms with E-state index in [0.717, 1.165) is 165 Å². The first-order valence-electron chi connectivity index (χ1n) is 45.0. The fraction of sp³-hybridized carbons (Fsp3) is 0. The van der Waals surface area contributed by atoms with Crippen LogP contribution in [0.25, 0.3) is 264 Å². The third-order valence-electron chi connectivity index (χ3n) is 25.0. The van der Waals surface area contributed by atoms with E-state index in [1.54, 1.807) is 22.7 Å². The summed E-state index contributed by atoms with van der Waals surface area (Å²) in [6.07, 6.45) is 0. The minimum atomic E-state index is 0.610. The zero-order valence-corrected chi connectivity index (χ0v) is 74.3. The molecule has 0 aliphatic rings. The predicted octanol–water partition coefficient (Wildman–Crippen LogP) is 32.1. The van der Waals surface area contributed by atoms with Gasteiger partial charge in [0.1, 0.15) is 16.0 Å². The van der Waals surface area contributed by atoms with Crippen LogP contribution in [-0.4, -0.2) is 54.8 Å². The number of thiophene rings is 1. The van der Waals surface area contributed by atoms with Crippen molar-refractivity contribution in [3.63, 3.8) is 0 Å². The average molecular weight is 1780 g/mol. The maximum Gasteiger partial charge on any atom is 0.228 e. The summed E-state index contributed by atoms with van der Waals surface area (Å²) >= 11 is 3.55. The molecule has 136 heavy (non-hydrogen) atoms. The van der Waals surface area contributed by atoms with Crippen LogP contribution < -0.4 is 0 Å². The van der Waals surface area contributed by atoms with E-state index >= 15 is 0 Å². The number of hydrogen-bond acceptors (Lipinski definition) is 15. The molecule has 0 unspecified atom stereocenters. The smallest absolute Gasteiger partial charge is 0.228 e. The first-order valence-corrected chi connectivity index (χ1v) is 46.6. The quantitative estimate of drug-likeness (QED) is 0.100. The Morgan fingerprint density at radius 3 is 1.12 bits per heavy atom. The highest BCUT2D eigenvalue weighted by Gasteiger charge is 2.24. The van der Waals surface area contributed by atoms with Crippen LogP contribution in [0.5, 0.6) is 0 Å². The van der Waals surface area contributed by atoms with E-state index in [-0.39, 0.29) is 0 Å². The van der Waals surface area contributed by atoms with Crippen LogP contribution in [0.3, 0.4) is 0 Å². The molecule has 0 N–H and O–H groups in total. The lowest BCUT2D eigenvalue weighted by Gasteiger charge is -2.11. The second-order valence-corrected chi connectivity index (χ2v) is 35.5. The molecule has 0 radical (unpaired) electrons. The summed E-state index contributed by atoms with van der Waals surface area (Å²) in [5.41, 5.74) is 20.1. The molecule has 27 aromatic rings. The predicted molar refractivity (Wildman–Crippen MR) is 559 cm³/mol. The Hall–Kier alpha value is -17.9. The van der Waals surface area contributed by atoms with E-state index in [9.17, 15) is 0 Å². The van der Waals surface area contributed by atoms with Gasteiger partial charge in [0.2, 0.25) is 11.8 Å². The first-order chi connectivity index (χ1) is 67.3. The van der Waals surface area contributed by atoms with Gasteiger partial charge in [0.15, 0.2) is 51.9 Å². The van der Waals surface area contributed by atoms with Crippen molar-refractivity contribution < 1.29 is 8.83 Å². The highest BCUT2D eigenvalue weighted by molar-refractivity contribution is 7.26. The van der Waals surface area contributed by atoms with Crippen molar-refractivity contribution in [2.24, 2.45) is 0 Å². The molecular weight excluding hydrogens is 1700 g/mol. The third-order valence-corrected chi connectivity index (χ3v) is 27.3. The number of hydrogen-bond donors (Lipinski definition) is 0. The number of thiazole rings is 1. The number of fused-ring (bicyclic) bond motifs is 18. The Morgan fingerprint density at radius 2 is 0.551 bits per heavy atom. The van der Waals surface area contributed by atoms with Crippen molar-refractivity contribution in [2.75, 3.05) is 0 Å². The van der Waals surface area contributed by atoms with Gasteiger partial charge in [-0.15, -0.1) is 22.7 Å². The van der Waals surface area contributed by atoms with E-state index in [1.165, 1.54) is 46.4 Å². The van der Waals surface area contributed by atoms with Crippen LogP contribution in [-0.2, 0) is 0 Å². The lowest BCUT2D eigenvalue weighted by atomic mass is 9.96. The minimum Gasteiger partial charge on any atom is -0.436 e. The molecule has 0 saturated heterocycles. The monoisotopic (exact) mass is 1780 g/mol. The van der Waals surface area contributed by atoms with Gasteiger partial charge in [-0.1, -0.05) is 370 Å². The Bertz CT molecular complexity index is 9120. The van der Waals surface area contributed by atoms with E-state index in [0.29, 0.717) is 52.6 Å². The van der Waals surface area contributed by atoms with Gasteiger partial charge in [0.25, 0.3) is 0 Å². The fourth-order valence-electron chi connectivity index (χ4n) is 18.3. The van der Waals surface area contributed by atoms with Crippen LogP contribution in [0.4, 0.5) is 0 Å².